The highest BCUT2D eigenvalue weighted by Crippen LogP contribution is 2.20. The van der Waals surface area contributed by atoms with Gasteiger partial charge in [-0.05, 0) is 46.7 Å². The predicted molar refractivity (Wildman–Crippen MR) is 72.5 cm³/mol. The molecule has 0 saturated carbocycles. The third-order valence-electron chi connectivity index (χ3n) is 2.18. The van der Waals surface area contributed by atoms with Crippen molar-refractivity contribution in [3.8, 4) is 5.75 Å². The molecule has 1 heterocycles. The van der Waals surface area contributed by atoms with Gasteiger partial charge in [0.2, 0.25) is 0 Å². The third kappa shape index (κ3) is 2.95. The number of pyridine rings is 1. The van der Waals surface area contributed by atoms with Gasteiger partial charge in [0, 0.05) is 6.20 Å². The van der Waals surface area contributed by atoms with Gasteiger partial charge in [-0.1, -0.05) is 30.3 Å². The zero-order valence-corrected chi connectivity index (χ0v) is 11.1. The van der Waals surface area contributed by atoms with Crippen LogP contribution in [0.25, 0.3) is 0 Å². The van der Waals surface area contributed by atoms with Gasteiger partial charge in [-0.2, -0.15) is 0 Å². The van der Waals surface area contributed by atoms with Crippen molar-refractivity contribution in [3.63, 3.8) is 0 Å². The second kappa shape index (κ2) is 5.30. The van der Waals surface area contributed by atoms with Gasteiger partial charge < -0.3 is 4.74 Å². The van der Waals surface area contributed by atoms with Gasteiger partial charge in [0.05, 0.1) is 0 Å². The molecule has 0 atom stereocenters. The van der Waals surface area contributed by atoms with Gasteiger partial charge in [-0.25, -0.2) is 4.98 Å². The van der Waals surface area contributed by atoms with Crippen molar-refractivity contribution in [1.82, 2.24) is 4.98 Å². The standard InChI is InChI=1S/C13H12INO/c1-10-7-12(13(14)15-8-10)16-9-11-5-3-2-4-6-11/h2-8H,9H2,1H3. The number of hydrogen-bond donors (Lipinski definition) is 0. The molecular formula is C13H12INO. The number of nitrogens with zero attached hydrogens (tertiary/aromatic N) is 1. The lowest BCUT2D eigenvalue weighted by molar-refractivity contribution is 0.302. The van der Waals surface area contributed by atoms with Crippen molar-refractivity contribution in [3.05, 3.63) is 57.4 Å². The Hall–Kier alpha value is -1.10. The minimum atomic E-state index is 0.585. The van der Waals surface area contributed by atoms with Crippen LogP contribution in [0, 0.1) is 10.6 Å². The van der Waals surface area contributed by atoms with Crippen molar-refractivity contribution in [2.45, 2.75) is 13.5 Å². The van der Waals surface area contributed by atoms with Crippen molar-refractivity contribution >= 4 is 22.6 Å². The second-order valence-corrected chi connectivity index (χ2v) is 4.60. The molecule has 82 valence electrons. The van der Waals surface area contributed by atoms with E-state index in [9.17, 15) is 0 Å². The monoisotopic (exact) mass is 325 g/mol. The largest absolute Gasteiger partial charge is 0.486 e. The van der Waals surface area contributed by atoms with E-state index in [2.05, 4.69) is 39.7 Å². The SMILES string of the molecule is Cc1cnc(I)c(OCc2ccccc2)c1. The molecule has 16 heavy (non-hydrogen) atoms. The topological polar surface area (TPSA) is 22.1 Å². The van der Waals surface area contributed by atoms with Crippen molar-refractivity contribution in [1.29, 1.82) is 0 Å². The van der Waals surface area contributed by atoms with Crippen molar-refractivity contribution in [2.75, 3.05) is 0 Å². The lowest BCUT2D eigenvalue weighted by Crippen LogP contribution is -1.98. The fraction of sp³-hybridized carbons (Fsp3) is 0.154. The molecule has 0 bridgehead atoms. The quantitative estimate of drug-likeness (QED) is 0.636. The van der Waals surface area contributed by atoms with Gasteiger partial charge >= 0.3 is 0 Å². The zero-order valence-electron chi connectivity index (χ0n) is 8.98. The molecule has 0 spiro atoms. The lowest BCUT2D eigenvalue weighted by atomic mass is 10.2. The van der Waals surface area contributed by atoms with E-state index in [1.165, 1.54) is 5.56 Å². The number of rotatable bonds is 3. The first-order valence-corrected chi connectivity index (χ1v) is 6.12. The number of aromatic nitrogens is 1. The molecule has 1 aromatic heterocycles. The van der Waals surface area contributed by atoms with E-state index < -0.39 is 0 Å². The van der Waals surface area contributed by atoms with Crippen LogP contribution in [0.5, 0.6) is 5.75 Å². The molecule has 0 unspecified atom stereocenters. The Morgan fingerprint density at radius 1 is 1.25 bits per heavy atom. The van der Waals surface area contributed by atoms with Crippen molar-refractivity contribution in [2.24, 2.45) is 0 Å². The van der Waals surface area contributed by atoms with Crippen LogP contribution in [0.2, 0.25) is 0 Å². The summed E-state index contributed by atoms with van der Waals surface area (Å²) in [5.74, 6) is 0.851. The average molecular weight is 325 g/mol. The van der Waals surface area contributed by atoms with Crippen LogP contribution in [0.4, 0.5) is 0 Å². The third-order valence-corrected chi connectivity index (χ3v) is 2.99. The highest BCUT2D eigenvalue weighted by molar-refractivity contribution is 14.1. The minimum absolute atomic E-state index is 0.585. The maximum atomic E-state index is 5.73. The Kier molecular flexibility index (Phi) is 3.77. The van der Waals surface area contributed by atoms with Crippen LogP contribution in [0.1, 0.15) is 11.1 Å². The summed E-state index contributed by atoms with van der Waals surface area (Å²) in [7, 11) is 0. The van der Waals surface area contributed by atoms with Gasteiger partial charge in [0.1, 0.15) is 10.3 Å². The Balaban J connectivity index is 2.08. The molecular weight excluding hydrogens is 313 g/mol. The molecule has 2 nitrogen and oxygen atoms in total. The van der Waals surface area contributed by atoms with Gasteiger partial charge in [0.25, 0.3) is 0 Å². The summed E-state index contributed by atoms with van der Waals surface area (Å²) in [6.45, 7) is 2.60. The maximum absolute atomic E-state index is 5.73. The number of benzene rings is 1. The van der Waals surface area contributed by atoms with Crippen LogP contribution in [0.3, 0.4) is 0 Å². The van der Waals surface area contributed by atoms with E-state index in [1.807, 2.05) is 37.4 Å². The number of hydrogen-bond acceptors (Lipinski definition) is 2. The smallest absolute Gasteiger partial charge is 0.151 e. The Bertz CT molecular complexity index is 471. The van der Waals surface area contributed by atoms with Crippen LogP contribution < -0.4 is 4.74 Å². The summed E-state index contributed by atoms with van der Waals surface area (Å²) in [6.07, 6.45) is 1.84. The van der Waals surface area contributed by atoms with E-state index in [0.29, 0.717) is 6.61 Å². The van der Waals surface area contributed by atoms with Crippen LogP contribution in [0.15, 0.2) is 42.6 Å². The first-order chi connectivity index (χ1) is 7.75. The highest BCUT2D eigenvalue weighted by Gasteiger charge is 2.02. The molecule has 1 aromatic carbocycles. The van der Waals surface area contributed by atoms with Crippen LogP contribution >= 0.6 is 22.6 Å². The Morgan fingerprint density at radius 2 is 2.00 bits per heavy atom. The molecule has 2 aromatic rings. The normalized spacial score (nSPS) is 10.1. The summed E-state index contributed by atoms with van der Waals surface area (Å²) in [5, 5.41) is 0. The average Bonchev–Trinajstić information content (AvgIpc) is 2.32. The summed E-state index contributed by atoms with van der Waals surface area (Å²) in [6, 6.07) is 12.1. The summed E-state index contributed by atoms with van der Waals surface area (Å²) < 4.78 is 6.64. The molecule has 0 fully saturated rings. The lowest BCUT2D eigenvalue weighted by Gasteiger charge is -2.08. The molecule has 0 aliphatic rings. The molecule has 0 radical (unpaired) electrons. The van der Waals surface area contributed by atoms with E-state index in [0.717, 1.165) is 15.0 Å². The fourth-order valence-corrected chi connectivity index (χ4v) is 1.81. The Morgan fingerprint density at radius 3 is 2.75 bits per heavy atom. The summed E-state index contributed by atoms with van der Waals surface area (Å²) in [5.41, 5.74) is 2.28. The molecule has 0 N–H and O–H groups in total. The number of ether oxygens (including phenoxy) is 1. The molecule has 0 saturated heterocycles. The summed E-state index contributed by atoms with van der Waals surface area (Å²) >= 11 is 2.18. The number of aryl methyl sites for hydroxylation is 1. The first-order valence-electron chi connectivity index (χ1n) is 5.04. The Labute approximate surface area is 109 Å². The molecule has 2 rings (SSSR count). The van der Waals surface area contributed by atoms with Crippen LogP contribution in [-0.4, -0.2) is 4.98 Å². The molecule has 0 aliphatic heterocycles. The van der Waals surface area contributed by atoms with E-state index in [1.54, 1.807) is 0 Å². The molecule has 3 heteroatoms. The number of halogens is 1. The maximum Gasteiger partial charge on any atom is 0.151 e. The van der Waals surface area contributed by atoms with Crippen molar-refractivity contribution < 1.29 is 4.74 Å². The predicted octanol–water partition coefficient (Wildman–Crippen LogP) is 3.57. The fourth-order valence-electron chi connectivity index (χ4n) is 1.36. The van der Waals surface area contributed by atoms with E-state index in [-0.39, 0.29) is 0 Å². The van der Waals surface area contributed by atoms with E-state index in [4.69, 9.17) is 4.74 Å². The van der Waals surface area contributed by atoms with Gasteiger partial charge in [-0.15, -0.1) is 0 Å². The minimum Gasteiger partial charge on any atom is -0.486 e. The van der Waals surface area contributed by atoms with Crippen LogP contribution in [-0.2, 0) is 6.61 Å². The summed E-state index contributed by atoms with van der Waals surface area (Å²) in [4.78, 5) is 4.25. The molecule has 0 aliphatic carbocycles. The highest BCUT2D eigenvalue weighted by atomic mass is 127. The molecule has 0 amide bonds. The van der Waals surface area contributed by atoms with Gasteiger partial charge in [-0.3, -0.25) is 0 Å². The zero-order chi connectivity index (χ0) is 11.4. The van der Waals surface area contributed by atoms with E-state index >= 15 is 0 Å². The van der Waals surface area contributed by atoms with Gasteiger partial charge in [0.15, 0.2) is 5.75 Å². The first kappa shape index (κ1) is 11.4. The second-order valence-electron chi connectivity index (χ2n) is 3.58.